The van der Waals surface area contributed by atoms with Crippen LogP contribution in [0.2, 0.25) is 0 Å². The SMILES string of the molecule is CC(O)c1cn(CC(=O)N2CCC(=Cc3ccccc3)CC2)nn1. The molecule has 0 bridgehead atoms. The van der Waals surface area contributed by atoms with Crippen LogP contribution in [0, 0.1) is 0 Å². The maximum absolute atomic E-state index is 12.4. The van der Waals surface area contributed by atoms with Gasteiger partial charge in [0.05, 0.1) is 12.3 Å². The van der Waals surface area contributed by atoms with Gasteiger partial charge < -0.3 is 10.0 Å². The van der Waals surface area contributed by atoms with Crippen LogP contribution in [-0.4, -0.2) is 44.0 Å². The van der Waals surface area contributed by atoms with Crippen molar-refractivity contribution >= 4 is 12.0 Å². The van der Waals surface area contributed by atoms with Crippen molar-refractivity contribution in [2.45, 2.75) is 32.4 Å². The Balaban J connectivity index is 1.54. The summed E-state index contributed by atoms with van der Waals surface area (Å²) in [7, 11) is 0. The maximum atomic E-state index is 12.4. The number of rotatable bonds is 4. The van der Waals surface area contributed by atoms with Gasteiger partial charge in [-0.05, 0) is 25.3 Å². The molecular weight excluding hydrogens is 304 g/mol. The second kappa shape index (κ2) is 7.40. The van der Waals surface area contributed by atoms with Crippen molar-refractivity contribution < 1.29 is 9.90 Å². The van der Waals surface area contributed by atoms with Gasteiger partial charge in [0.15, 0.2) is 0 Å². The highest BCUT2D eigenvalue weighted by Gasteiger charge is 2.20. The quantitative estimate of drug-likeness (QED) is 0.933. The Labute approximate surface area is 141 Å². The molecule has 1 aliphatic heterocycles. The molecule has 1 saturated heterocycles. The summed E-state index contributed by atoms with van der Waals surface area (Å²) in [5.74, 6) is 0.0378. The molecule has 126 valence electrons. The van der Waals surface area contributed by atoms with Crippen molar-refractivity contribution in [2.75, 3.05) is 13.1 Å². The number of aliphatic hydroxyl groups is 1. The molecule has 1 aromatic heterocycles. The topological polar surface area (TPSA) is 71.2 Å². The monoisotopic (exact) mass is 326 g/mol. The molecule has 1 atom stereocenters. The Morgan fingerprint density at radius 3 is 2.62 bits per heavy atom. The molecule has 2 aromatic rings. The number of likely N-dealkylation sites (tertiary alicyclic amines) is 1. The molecule has 6 nitrogen and oxygen atoms in total. The molecule has 1 aromatic carbocycles. The average molecular weight is 326 g/mol. The minimum Gasteiger partial charge on any atom is -0.387 e. The van der Waals surface area contributed by atoms with E-state index in [1.165, 1.54) is 15.8 Å². The number of aromatic nitrogens is 3. The molecule has 0 saturated carbocycles. The number of carbonyl (C=O) groups excluding carboxylic acids is 1. The van der Waals surface area contributed by atoms with E-state index in [-0.39, 0.29) is 12.5 Å². The van der Waals surface area contributed by atoms with Gasteiger partial charge in [-0.25, -0.2) is 4.68 Å². The van der Waals surface area contributed by atoms with Crippen molar-refractivity contribution in [3.8, 4) is 0 Å². The van der Waals surface area contributed by atoms with E-state index in [2.05, 4.69) is 28.5 Å². The maximum Gasteiger partial charge on any atom is 0.244 e. The lowest BCUT2D eigenvalue weighted by molar-refractivity contribution is -0.132. The molecule has 1 unspecified atom stereocenters. The lowest BCUT2D eigenvalue weighted by atomic mass is 10.0. The first kappa shape index (κ1) is 16.4. The second-order valence-electron chi connectivity index (χ2n) is 6.11. The van der Waals surface area contributed by atoms with Crippen LogP contribution >= 0.6 is 0 Å². The van der Waals surface area contributed by atoms with E-state index in [1.807, 2.05) is 23.1 Å². The van der Waals surface area contributed by atoms with Crippen molar-refractivity contribution in [3.63, 3.8) is 0 Å². The lowest BCUT2D eigenvalue weighted by Crippen LogP contribution is -2.38. The molecule has 1 fully saturated rings. The average Bonchev–Trinajstić information content (AvgIpc) is 3.05. The van der Waals surface area contributed by atoms with Crippen LogP contribution in [0.3, 0.4) is 0 Å². The number of carbonyl (C=O) groups is 1. The summed E-state index contributed by atoms with van der Waals surface area (Å²) in [4.78, 5) is 14.2. The van der Waals surface area contributed by atoms with Gasteiger partial charge >= 0.3 is 0 Å². The highest BCUT2D eigenvalue weighted by Crippen LogP contribution is 2.19. The Hall–Kier alpha value is -2.47. The number of benzene rings is 1. The summed E-state index contributed by atoms with van der Waals surface area (Å²) in [6.45, 7) is 3.25. The third-order valence-corrected chi connectivity index (χ3v) is 4.21. The van der Waals surface area contributed by atoms with Crippen LogP contribution in [0.15, 0.2) is 42.1 Å². The molecule has 0 aliphatic carbocycles. The van der Waals surface area contributed by atoms with Gasteiger partial charge in [0.25, 0.3) is 0 Å². The number of amides is 1. The first-order valence-electron chi connectivity index (χ1n) is 8.22. The molecule has 6 heteroatoms. The van der Waals surface area contributed by atoms with Crippen LogP contribution in [0.25, 0.3) is 6.08 Å². The van der Waals surface area contributed by atoms with Crippen molar-refractivity contribution in [1.29, 1.82) is 0 Å². The van der Waals surface area contributed by atoms with E-state index in [0.29, 0.717) is 5.69 Å². The van der Waals surface area contributed by atoms with E-state index in [0.717, 1.165) is 25.9 Å². The molecule has 2 heterocycles. The minimum absolute atomic E-state index is 0.0378. The van der Waals surface area contributed by atoms with Gasteiger partial charge in [-0.1, -0.05) is 47.2 Å². The van der Waals surface area contributed by atoms with E-state index in [1.54, 1.807) is 13.1 Å². The van der Waals surface area contributed by atoms with Crippen molar-refractivity contribution in [2.24, 2.45) is 0 Å². The molecule has 1 N–H and O–H groups in total. The first-order valence-corrected chi connectivity index (χ1v) is 8.22. The second-order valence-corrected chi connectivity index (χ2v) is 6.11. The van der Waals surface area contributed by atoms with E-state index in [9.17, 15) is 9.90 Å². The van der Waals surface area contributed by atoms with Crippen LogP contribution in [0.4, 0.5) is 0 Å². The smallest absolute Gasteiger partial charge is 0.244 e. The molecule has 1 amide bonds. The van der Waals surface area contributed by atoms with Crippen LogP contribution in [0.1, 0.15) is 37.1 Å². The van der Waals surface area contributed by atoms with E-state index in [4.69, 9.17) is 0 Å². The largest absolute Gasteiger partial charge is 0.387 e. The number of nitrogens with zero attached hydrogens (tertiary/aromatic N) is 4. The molecule has 0 spiro atoms. The summed E-state index contributed by atoms with van der Waals surface area (Å²) < 4.78 is 1.49. The lowest BCUT2D eigenvalue weighted by Gasteiger charge is -2.28. The predicted octanol–water partition coefficient (Wildman–Crippen LogP) is 2.04. The van der Waals surface area contributed by atoms with Crippen molar-refractivity contribution in [1.82, 2.24) is 19.9 Å². The molecule has 0 radical (unpaired) electrons. The fraction of sp³-hybridized carbons (Fsp3) is 0.389. The molecular formula is C18H22N4O2. The number of aliphatic hydroxyl groups excluding tert-OH is 1. The minimum atomic E-state index is -0.672. The summed E-state index contributed by atoms with van der Waals surface area (Å²) in [6.07, 6.45) is 4.96. The van der Waals surface area contributed by atoms with Crippen LogP contribution in [0.5, 0.6) is 0 Å². The molecule has 24 heavy (non-hydrogen) atoms. The Bertz CT molecular complexity index is 712. The number of piperidine rings is 1. The Morgan fingerprint density at radius 1 is 1.29 bits per heavy atom. The summed E-state index contributed by atoms with van der Waals surface area (Å²) in [5.41, 5.74) is 3.07. The summed E-state index contributed by atoms with van der Waals surface area (Å²) in [5, 5.41) is 17.2. The highest BCUT2D eigenvalue weighted by molar-refractivity contribution is 5.76. The fourth-order valence-corrected chi connectivity index (χ4v) is 2.79. The zero-order valence-electron chi connectivity index (χ0n) is 13.8. The number of hydrogen-bond acceptors (Lipinski definition) is 4. The predicted molar refractivity (Wildman–Crippen MR) is 90.9 cm³/mol. The summed E-state index contributed by atoms with van der Waals surface area (Å²) in [6, 6.07) is 10.3. The van der Waals surface area contributed by atoms with Gasteiger partial charge in [-0.3, -0.25) is 4.79 Å². The van der Waals surface area contributed by atoms with Gasteiger partial charge in [-0.15, -0.1) is 5.10 Å². The van der Waals surface area contributed by atoms with Crippen LogP contribution in [-0.2, 0) is 11.3 Å². The highest BCUT2D eigenvalue weighted by atomic mass is 16.3. The zero-order valence-corrected chi connectivity index (χ0v) is 13.8. The fourth-order valence-electron chi connectivity index (χ4n) is 2.79. The molecule has 1 aliphatic rings. The third-order valence-electron chi connectivity index (χ3n) is 4.21. The zero-order chi connectivity index (χ0) is 16.9. The van der Waals surface area contributed by atoms with Gasteiger partial charge in [-0.2, -0.15) is 0 Å². The number of hydrogen-bond donors (Lipinski definition) is 1. The van der Waals surface area contributed by atoms with E-state index >= 15 is 0 Å². The molecule has 3 rings (SSSR count). The third kappa shape index (κ3) is 4.08. The van der Waals surface area contributed by atoms with E-state index < -0.39 is 6.10 Å². The van der Waals surface area contributed by atoms with Gasteiger partial charge in [0.2, 0.25) is 5.91 Å². The summed E-state index contributed by atoms with van der Waals surface area (Å²) >= 11 is 0. The standard InChI is InChI=1S/C18H22N4O2/c1-14(23)17-12-22(20-19-17)13-18(24)21-9-7-16(8-10-21)11-15-5-3-2-4-6-15/h2-6,11-12,14,23H,7-10,13H2,1H3. The Morgan fingerprint density at radius 2 is 2.00 bits per heavy atom. The Kier molecular flexibility index (Phi) is 5.05. The normalized spacial score (nSPS) is 16.1. The van der Waals surface area contributed by atoms with Gasteiger partial charge in [0.1, 0.15) is 12.2 Å². The van der Waals surface area contributed by atoms with Crippen molar-refractivity contribution in [3.05, 3.63) is 53.4 Å². The first-order chi connectivity index (χ1) is 11.6. The van der Waals surface area contributed by atoms with Gasteiger partial charge in [0, 0.05) is 13.1 Å². The van der Waals surface area contributed by atoms with Crippen LogP contribution < -0.4 is 0 Å².